The summed E-state index contributed by atoms with van der Waals surface area (Å²) in [5, 5.41) is 11.1. The number of hydrogen-bond donors (Lipinski definition) is 2. The van der Waals surface area contributed by atoms with Crippen LogP contribution in [0.5, 0.6) is 0 Å². The van der Waals surface area contributed by atoms with Crippen LogP contribution in [-0.2, 0) is 4.74 Å². The Balaban J connectivity index is 1.51. The third kappa shape index (κ3) is 4.04. The van der Waals surface area contributed by atoms with Gasteiger partial charge >= 0.3 is 0 Å². The van der Waals surface area contributed by atoms with Crippen molar-refractivity contribution in [1.82, 2.24) is 19.8 Å². The second-order valence-corrected chi connectivity index (χ2v) is 8.63. The molecule has 1 amide bonds. The maximum absolute atomic E-state index is 13.2. The van der Waals surface area contributed by atoms with Gasteiger partial charge in [-0.25, -0.2) is 4.98 Å². The van der Waals surface area contributed by atoms with Gasteiger partial charge in [-0.3, -0.25) is 9.69 Å². The Hall–Kier alpha value is -1.96. The normalized spacial score (nSPS) is 26.2. The number of H-pyrrole nitrogens is 1. The van der Waals surface area contributed by atoms with E-state index in [2.05, 4.69) is 28.7 Å². The van der Waals surface area contributed by atoms with Gasteiger partial charge in [0.05, 0.1) is 36.4 Å². The highest BCUT2D eigenvalue weighted by atomic mass is 16.5. The van der Waals surface area contributed by atoms with Crippen LogP contribution in [0.3, 0.4) is 0 Å². The van der Waals surface area contributed by atoms with Crippen molar-refractivity contribution in [2.24, 2.45) is 0 Å². The number of likely N-dealkylation sites (N-methyl/N-ethyl adjacent to an activating group) is 1. The first kappa shape index (κ1) is 20.3. The molecular weight excluding hydrogens is 368 g/mol. The van der Waals surface area contributed by atoms with E-state index in [0.717, 1.165) is 49.2 Å². The van der Waals surface area contributed by atoms with Gasteiger partial charge in [-0.15, -0.1) is 0 Å². The molecule has 3 atom stereocenters. The van der Waals surface area contributed by atoms with E-state index in [-0.39, 0.29) is 18.0 Å². The fraction of sp³-hybridized carbons (Fsp3) is 0.636. The van der Waals surface area contributed by atoms with Gasteiger partial charge in [0, 0.05) is 37.7 Å². The van der Waals surface area contributed by atoms with Crippen LogP contribution in [0.25, 0.3) is 11.0 Å². The molecule has 1 aliphatic carbocycles. The van der Waals surface area contributed by atoms with E-state index in [1.165, 1.54) is 0 Å². The summed E-state index contributed by atoms with van der Waals surface area (Å²) in [6.45, 7) is 7.30. The molecule has 2 heterocycles. The predicted octanol–water partition coefficient (Wildman–Crippen LogP) is 2.37. The molecule has 0 radical (unpaired) electrons. The van der Waals surface area contributed by atoms with Crippen LogP contribution in [0.2, 0.25) is 0 Å². The SMILES string of the molecule is CC(C)c1nc2ccc(C(=O)N(C)[C@@H]3CCC[C@@H](N4CCOCC4)[C@@H]3O)cc2[nH]1. The summed E-state index contributed by atoms with van der Waals surface area (Å²) in [4.78, 5) is 25.2. The monoisotopic (exact) mass is 400 g/mol. The predicted molar refractivity (Wildman–Crippen MR) is 112 cm³/mol. The number of carbonyl (C=O) groups excluding carboxylic acids is 1. The number of aliphatic hydroxyl groups excluding tert-OH is 1. The zero-order valence-electron chi connectivity index (χ0n) is 17.6. The van der Waals surface area contributed by atoms with Crippen molar-refractivity contribution in [1.29, 1.82) is 0 Å². The molecule has 0 unspecified atom stereocenters. The maximum atomic E-state index is 13.2. The Labute approximate surface area is 172 Å². The quantitative estimate of drug-likeness (QED) is 0.824. The summed E-state index contributed by atoms with van der Waals surface area (Å²) < 4.78 is 5.45. The smallest absolute Gasteiger partial charge is 0.254 e. The molecule has 0 spiro atoms. The van der Waals surface area contributed by atoms with Crippen LogP contribution in [0.15, 0.2) is 18.2 Å². The van der Waals surface area contributed by atoms with Gasteiger partial charge in [0.25, 0.3) is 5.91 Å². The van der Waals surface area contributed by atoms with Gasteiger partial charge in [-0.2, -0.15) is 0 Å². The number of fused-ring (bicyclic) bond motifs is 1. The molecular formula is C22H32N4O3. The number of nitrogens with one attached hydrogen (secondary N) is 1. The molecule has 1 aromatic heterocycles. The lowest BCUT2D eigenvalue weighted by Gasteiger charge is -2.45. The highest BCUT2D eigenvalue weighted by molar-refractivity contribution is 5.97. The summed E-state index contributed by atoms with van der Waals surface area (Å²) in [6, 6.07) is 5.53. The van der Waals surface area contributed by atoms with Crippen molar-refractivity contribution in [2.75, 3.05) is 33.4 Å². The molecule has 29 heavy (non-hydrogen) atoms. The Kier molecular flexibility index (Phi) is 5.90. The lowest BCUT2D eigenvalue weighted by molar-refractivity contribution is -0.0613. The van der Waals surface area contributed by atoms with Crippen molar-refractivity contribution >= 4 is 16.9 Å². The third-order valence-corrected chi connectivity index (χ3v) is 6.41. The number of nitrogens with zero attached hydrogens (tertiary/aromatic N) is 3. The highest BCUT2D eigenvalue weighted by Gasteiger charge is 2.39. The van der Waals surface area contributed by atoms with Crippen LogP contribution in [0, 0.1) is 0 Å². The average molecular weight is 401 g/mol. The molecule has 2 N–H and O–H groups in total. The molecule has 4 rings (SSSR count). The zero-order chi connectivity index (χ0) is 20.5. The number of benzene rings is 1. The number of morpholine rings is 1. The van der Waals surface area contributed by atoms with Crippen LogP contribution in [0.4, 0.5) is 0 Å². The van der Waals surface area contributed by atoms with Gasteiger partial charge in [0.1, 0.15) is 5.82 Å². The first-order valence-corrected chi connectivity index (χ1v) is 10.7. The van der Waals surface area contributed by atoms with Crippen LogP contribution < -0.4 is 0 Å². The van der Waals surface area contributed by atoms with E-state index in [1.54, 1.807) is 4.90 Å². The van der Waals surface area contributed by atoms with E-state index in [1.807, 2.05) is 25.2 Å². The van der Waals surface area contributed by atoms with Crippen molar-refractivity contribution < 1.29 is 14.6 Å². The number of aliphatic hydroxyl groups is 1. The number of imidazole rings is 1. The number of carbonyl (C=O) groups is 1. The molecule has 1 aromatic carbocycles. The summed E-state index contributed by atoms with van der Waals surface area (Å²) in [5.74, 6) is 1.17. The molecule has 7 nitrogen and oxygen atoms in total. The van der Waals surface area contributed by atoms with Crippen molar-refractivity contribution in [3.8, 4) is 0 Å². The van der Waals surface area contributed by atoms with Crippen molar-refractivity contribution in [2.45, 2.75) is 57.2 Å². The topological polar surface area (TPSA) is 81.7 Å². The largest absolute Gasteiger partial charge is 0.389 e. The molecule has 1 saturated carbocycles. The van der Waals surface area contributed by atoms with Gasteiger partial charge in [-0.05, 0) is 37.5 Å². The summed E-state index contributed by atoms with van der Waals surface area (Å²) in [6.07, 6.45) is 2.27. The van der Waals surface area contributed by atoms with Crippen LogP contribution in [-0.4, -0.2) is 82.3 Å². The molecule has 1 saturated heterocycles. The number of aromatic amines is 1. The number of rotatable bonds is 4. The van der Waals surface area contributed by atoms with Crippen LogP contribution >= 0.6 is 0 Å². The Morgan fingerprint density at radius 1 is 1.31 bits per heavy atom. The molecule has 1 aliphatic heterocycles. The van der Waals surface area contributed by atoms with Gasteiger partial charge in [-0.1, -0.05) is 13.8 Å². The van der Waals surface area contributed by atoms with E-state index < -0.39 is 6.10 Å². The van der Waals surface area contributed by atoms with E-state index in [4.69, 9.17) is 4.74 Å². The number of amides is 1. The molecule has 7 heteroatoms. The fourth-order valence-electron chi connectivity index (χ4n) is 4.65. The van der Waals surface area contributed by atoms with Gasteiger partial charge in [0.2, 0.25) is 0 Å². The highest BCUT2D eigenvalue weighted by Crippen LogP contribution is 2.28. The lowest BCUT2D eigenvalue weighted by atomic mass is 9.86. The van der Waals surface area contributed by atoms with Crippen LogP contribution in [0.1, 0.15) is 55.2 Å². The zero-order valence-corrected chi connectivity index (χ0v) is 17.6. The first-order chi connectivity index (χ1) is 14.0. The molecule has 2 aliphatic rings. The standard InChI is InChI=1S/C22H32N4O3/c1-14(2)21-23-16-8-7-15(13-17(16)24-21)22(28)25(3)18-5-4-6-19(20(18)27)26-9-11-29-12-10-26/h7-8,13-14,18-20,27H,4-6,9-12H2,1-3H3,(H,23,24)/t18-,19-,20-/m1/s1. The summed E-state index contributed by atoms with van der Waals surface area (Å²) in [7, 11) is 1.81. The van der Waals surface area contributed by atoms with Crippen molar-refractivity contribution in [3.63, 3.8) is 0 Å². The van der Waals surface area contributed by atoms with E-state index in [0.29, 0.717) is 24.7 Å². The molecule has 0 bridgehead atoms. The Morgan fingerprint density at radius 3 is 2.79 bits per heavy atom. The lowest BCUT2D eigenvalue weighted by Crippen LogP contribution is -2.58. The van der Waals surface area contributed by atoms with E-state index in [9.17, 15) is 9.90 Å². The first-order valence-electron chi connectivity index (χ1n) is 10.7. The molecule has 2 fully saturated rings. The molecule has 158 valence electrons. The second-order valence-electron chi connectivity index (χ2n) is 8.63. The van der Waals surface area contributed by atoms with Crippen molar-refractivity contribution in [3.05, 3.63) is 29.6 Å². The summed E-state index contributed by atoms with van der Waals surface area (Å²) >= 11 is 0. The Bertz CT molecular complexity index is 859. The minimum atomic E-state index is -0.542. The molecule has 2 aromatic rings. The minimum absolute atomic E-state index is 0.0562. The fourth-order valence-corrected chi connectivity index (χ4v) is 4.65. The minimum Gasteiger partial charge on any atom is -0.389 e. The number of aromatic nitrogens is 2. The van der Waals surface area contributed by atoms with Gasteiger partial charge < -0.3 is 19.7 Å². The third-order valence-electron chi connectivity index (χ3n) is 6.41. The second kappa shape index (κ2) is 8.42. The Morgan fingerprint density at radius 2 is 2.07 bits per heavy atom. The average Bonchev–Trinajstić information content (AvgIpc) is 3.17. The number of ether oxygens (including phenoxy) is 1. The van der Waals surface area contributed by atoms with E-state index >= 15 is 0 Å². The summed E-state index contributed by atoms with van der Waals surface area (Å²) in [5.41, 5.74) is 2.38. The van der Waals surface area contributed by atoms with Gasteiger partial charge in [0.15, 0.2) is 0 Å². The number of hydrogen-bond acceptors (Lipinski definition) is 5. The maximum Gasteiger partial charge on any atom is 0.254 e.